The monoisotopic (exact) mass is 316 g/mol. The van der Waals surface area contributed by atoms with Gasteiger partial charge in [-0.2, -0.15) is 0 Å². The molecular weight excluding hydrogens is 308 g/mol. The van der Waals surface area contributed by atoms with Crippen LogP contribution in [-0.4, -0.2) is 14.7 Å². The Balaban J connectivity index is 2.20. The van der Waals surface area contributed by atoms with Crippen LogP contribution in [0.25, 0.3) is 0 Å². The molecule has 7 heteroatoms. The molecule has 2 rings (SSSR count). The highest BCUT2D eigenvalue weighted by atomic mass is 79.9. The van der Waals surface area contributed by atoms with Crippen LogP contribution in [0.4, 0.5) is 0 Å². The van der Waals surface area contributed by atoms with Crippen molar-refractivity contribution in [3.63, 3.8) is 0 Å². The lowest BCUT2D eigenvalue weighted by Crippen LogP contribution is -2.29. The molecule has 90 valence electrons. The second kappa shape index (κ2) is 4.89. The van der Waals surface area contributed by atoms with E-state index in [2.05, 4.69) is 20.9 Å². The van der Waals surface area contributed by atoms with E-state index in [1.165, 1.54) is 0 Å². The largest absolute Gasteiger partial charge is 0.494 e. The fraction of sp³-hybridized carbons (Fsp3) is 0.200. The van der Waals surface area contributed by atoms with Gasteiger partial charge in [0.2, 0.25) is 5.88 Å². The van der Waals surface area contributed by atoms with Gasteiger partial charge in [-0.15, -0.1) is 11.3 Å². The molecule has 0 aromatic carbocycles. The van der Waals surface area contributed by atoms with Crippen molar-refractivity contribution in [2.75, 3.05) is 0 Å². The number of hydrogen-bond acceptors (Lipinski definition) is 4. The summed E-state index contributed by atoms with van der Waals surface area (Å²) in [4.78, 5) is 25.5. The Morgan fingerprint density at radius 2 is 2.18 bits per heavy atom. The predicted octanol–water partition coefficient (Wildman–Crippen LogP) is 1.31. The van der Waals surface area contributed by atoms with Crippen molar-refractivity contribution in [2.45, 2.75) is 13.0 Å². The smallest absolute Gasteiger partial charge is 0.331 e. The van der Waals surface area contributed by atoms with E-state index in [0.717, 1.165) is 19.3 Å². The van der Waals surface area contributed by atoms with Gasteiger partial charge < -0.3 is 5.11 Å². The van der Waals surface area contributed by atoms with Crippen molar-refractivity contribution in [1.82, 2.24) is 9.55 Å². The highest BCUT2D eigenvalue weighted by Crippen LogP contribution is 2.22. The molecule has 0 bridgehead atoms. The Hall–Kier alpha value is -1.34. The Kier molecular flexibility index (Phi) is 3.49. The third-order valence-electron chi connectivity index (χ3n) is 2.22. The normalized spacial score (nSPS) is 10.6. The summed E-state index contributed by atoms with van der Waals surface area (Å²) in [6, 6.07) is 4.86. The first kappa shape index (κ1) is 12.1. The van der Waals surface area contributed by atoms with Crippen LogP contribution in [0.1, 0.15) is 4.88 Å². The average Bonchev–Trinajstić information content (AvgIpc) is 2.62. The summed E-state index contributed by atoms with van der Waals surface area (Å²) in [5, 5.41) is 9.49. The van der Waals surface area contributed by atoms with Gasteiger partial charge in [-0.25, -0.2) is 4.79 Å². The first-order valence-corrected chi connectivity index (χ1v) is 6.44. The van der Waals surface area contributed by atoms with E-state index in [0.29, 0.717) is 13.0 Å². The van der Waals surface area contributed by atoms with Gasteiger partial charge in [-0.3, -0.25) is 14.3 Å². The van der Waals surface area contributed by atoms with Crippen LogP contribution in [0.3, 0.4) is 0 Å². The molecule has 2 aromatic heterocycles. The molecule has 0 amide bonds. The molecule has 0 aliphatic rings. The zero-order valence-electron chi connectivity index (χ0n) is 8.64. The van der Waals surface area contributed by atoms with E-state index in [1.807, 2.05) is 12.1 Å². The SMILES string of the molecule is O=c1cc(O)n(CCc2ccc(Br)s2)c(=O)[nH]1. The molecule has 0 aliphatic heterocycles. The van der Waals surface area contributed by atoms with Crippen molar-refractivity contribution in [3.05, 3.63) is 47.7 Å². The van der Waals surface area contributed by atoms with Gasteiger partial charge in [0.1, 0.15) is 0 Å². The van der Waals surface area contributed by atoms with E-state index in [4.69, 9.17) is 0 Å². The van der Waals surface area contributed by atoms with Crippen LogP contribution in [-0.2, 0) is 13.0 Å². The van der Waals surface area contributed by atoms with Gasteiger partial charge in [0.25, 0.3) is 5.56 Å². The second-order valence-electron chi connectivity index (χ2n) is 3.40. The lowest BCUT2D eigenvalue weighted by atomic mass is 10.3. The van der Waals surface area contributed by atoms with Crippen LogP contribution in [0.15, 0.2) is 31.6 Å². The van der Waals surface area contributed by atoms with Crippen LogP contribution in [0.5, 0.6) is 5.88 Å². The fourth-order valence-corrected chi connectivity index (χ4v) is 2.90. The second-order valence-corrected chi connectivity index (χ2v) is 5.95. The molecule has 0 atom stereocenters. The van der Waals surface area contributed by atoms with Gasteiger partial charge in [0.15, 0.2) is 0 Å². The van der Waals surface area contributed by atoms with Crippen molar-refractivity contribution in [1.29, 1.82) is 0 Å². The molecule has 2 aromatic rings. The molecule has 0 saturated heterocycles. The topological polar surface area (TPSA) is 75.1 Å². The number of aryl methyl sites for hydroxylation is 1. The summed E-state index contributed by atoms with van der Waals surface area (Å²) < 4.78 is 2.15. The number of hydrogen-bond donors (Lipinski definition) is 2. The molecule has 0 aliphatic carbocycles. The lowest BCUT2D eigenvalue weighted by molar-refractivity contribution is 0.401. The number of thiophene rings is 1. The van der Waals surface area contributed by atoms with Gasteiger partial charge in [-0.05, 0) is 28.1 Å². The lowest BCUT2D eigenvalue weighted by Gasteiger charge is -2.05. The van der Waals surface area contributed by atoms with E-state index in [1.54, 1.807) is 11.3 Å². The number of nitrogens with one attached hydrogen (secondary N) is 1. The minimum Gasteiger partial charge on any atom is -0.494 e. The van der Waals surface area contributed by atoms with Gasteiger partial charge in [0, 0.05) is 17.8 Å². The van der Waals surface area contributed by atoms with Crippen LogP contribution in [0, 0.1) is 0 Å². The predicted molar refractivity (Wildman–Crippen MR) is 68.7 cm³/mol. The summed E-state index contributed by atoms with van der Waals surface area (Å²) >= 11 is 4.92. The summed E-state index contributed by atoms with van der Waals surface area (Å²) in [5.41, 5.74) is -1.19. The first-order valence-electron chi connectivity index (χ1n) is 4.83. The number of aromatic nitrogens is 2. The van der Waals surface area contributed by atoms with E-state index < -0.39 is 11.2 Å². The van der Waals surface area contributed by atoms with Crippen LogP contribution < -0.4 is 11.2 Å². The Morgan fingerprint density at radius 1 is 1.41 bits per heavy atom. The average molecular weight is 317 g/mol. The quantitative estimate of drug-likeness (QED) is 0.896. The maximum absolute atomic E-state index is 11.4. The summed E-state index contributed by atoms with van der Waals surface area (Å²) in [6.45, 7) is 0.328. The Labute approximate surface area is 108 Å². The van der Waals surface area contributed by atoms with E-state index >= 15 is 0 Å². The first-order chi connectivity index (χ1) is 8.06. The molecule has 0 unspecified atom stereocenters. The summed E-state index contributed by atoms with van der Waals surface area (Å²) in [5.74, 6) is -0.311. The van der Waals surface area contributed by atoms with Gasteiger partial charge in [0.05, 0.1) is 9.85 Å². The van der Waals surface area contributed by atoms with E-state index in [-0.39, 0.29) is 5.88 Å². The summed E-state index contributed by atoms with van der Waals surface area (Å²) in [7, 11) is 0. The van der Waals surface area contributed by atoms with Gasteiger partial charge >= 0.3 is 5.69 Å². The van der Waals surface area contributed by atoms with E-state index in [9.17, 15) is 14.7 Å². The molecule has 0 saturated carbocycles. The molecule has 2 heterocycles. The van der Waals surface area contributed by atoms with Crippen molar-refractivity contribution >= 4 is 27.3 Å². The number of H-pyrrole nitrogens is 1. The van der Waals surface area contributed by atoms with Gasteiger partial charge in [-0.1, -0.05) is 0 Å². The van der Waals surface area contributed by atoms with Crippen LogP contribution in [0.2, 0.25) is 0 Å². The zero-order valence-corrected chi connectivity index (χ0v) is 11.0. The third kappa shape index (κ3) is 2.86. The minimum absolute atomic E-state index is 0.311. The van der Waals surface area contributed by atoms with Crippen molar-refractivity contribution in [2.24, 2.45) is 0 Å². The third-order valence-corrected chi connectivity index (χ3v) is 3.91. The number of aromatic hydroxyl groups is 1. The molecule has 2 N–H and O–H groups in total. The molecular formula is C10H9BrN2O3S. The molecule has 0 spiro atoms. The maximum Gasteiger partial charge on any atom is 0.331 e. The zero-order chi connectivity index (χ0) is 12.4. The van der Waals surface area contributed by atoms with Crippen molar-refractivity contribution in [3.8, 4) is 5.88 Å². The Bertz CT molecular complexity index is 643. The molecule has 5 nitrogen and oxygen atoms in total. The minimum atomic E-state index is -0.595. The summed E-state index contributed by atoms with van der Waals surface area (Å²) in [6.07, 6.45) is 0.621. The van der Waals surface area contributed by atoms with Crippen LogP contribution >= 0.6 is 27.3 Å². The molecule has 17 heavy (non-hydrogen) atoms. The van der Waals surface area contributed by atoms with Crippen molar-refractivity contribution < 1.29 is 5.11 Å². The number of rotatable bonds is 3. The molecule has 0 radical (unpaired) electrons. The molecule has 0 fully saturated rings. The Morgan fingerprint density at radius 3 is 2.76 bits per heavy atom. The number of aromatic amines is 1. The maximum atomic E-state index is 11.4. The highest BCUT2D eigenvalue weighted by molar-refractivity contribution is 9.11. The standard InChI is InChI=1S/C10H9BrN2O3S/c11-7-2-1-6(17-7)3-4-13-9(15)5-8(14)12-10(13)16/h1-2,5,15H,3-4H2,(H,12,14,16). The number of nitrogens with zero attached hydrogens (tertiary/aromatic N) is 1. The fourth-order valence-electron chi connectivity index (χ4n) is 1.43. The highest BCUT2D eigenvalue weighted by Gasteiger charge is 2.05. The number of halogens is 1.